The molecular formula is C15H23BrN2S2Si. The van der Waals surface area contributed by atoms with Gasteiger partial charge in [-0.25, -0.2) is 9.97 Å². The molecule has 0 radical (unpaired) electrons. The summed E-state index contributed by atoms with van der Waals surface area (Å²) >= 11 is 6.93. The van der Waals surface area contributed by atoms with E-state index >= 15 is 0 Å². The van der Waals surface area contributed by atoms with Gasteiger partial charge in [0.25, 0.3) is 0 Å². The number of aromatic nitrogens is 2. The van der Waals surface area contributed by atoms with Gasteiger partial charge >= 0.3 is 0 Å². The zero-order chi connectivity index (χ0) is 15.8. The molecule has 0 fully saturated rings. The fourth-order valence-corrected chi connectivity index (χ4v) is 14.4. The first-order valence-corrected chi connectivity index (χ1v) is 12.2. The summed E-state index contributed by atoms with van der Waals surface area (Å²) in [6.45, 7) is 14.3. The van der Waals surface area contributed by atoms with Gasteiger partial charge in [0.1, 0.15) is 23.4 Å². The van der Waals surface area contributed by atoms with Crippen LogP contribution in [0.1, 0.15) is 41.5 Å². The van der Waals surface area contributed by atoms with Crippen LogP contribution in [0.2, 0.25) is 16.6 Å². The van der Waals surface area contributed by atoms with Crippen LogP contribution < -0.4 is 4.63 Å². The lowest BCUT2D eigenvalue weighted by molar-refractivity contribution is 0.834. The largest absolute Gasteiger partial charge is 0.244 e. The minimum atomic E-state index is -1.64. The van der Waals surface area contributed by atoms with E-state index in [-0.39, 0.29) is 0 Å². The third-order valence-electron chi connectivity index (χ3n) is 4.44. The summed E-state index contributed by atoms with van der Waals surface area (Å²) in [5.41, 5.74) is 3.13. The van der Waals surface area contributed by atoms with Crippen molar-refractivity contribution >= 4 is 51.3 Å². The predicted octanol–water partition coefficient (Wildman–Crippen LogP) is 5.91. The predicted molar refractivity (Wildman–Crippen MR) is 102 cm³/mol. The quantitative estimate of drug-likeness (QED) is 0.580. The molecule has 2 nitrogen and oxygen atoms in total. The van der Waals surface area contributed by atoms with Gasteiger partial charge in [0.05, 0.1) is 4.63 Å². The first-order chi connectivity index (χ1) is 9.80. The Morgan fingerprint density at radius 3 is 1.90 bits per heavy atom. The fraction of sp³-hybridized carbons (Fsp3) is 0.600. The third kappa shape index (κ3) is 3.05. The summed E-state index contributed by atoms with van der Waals surface area (Å²) in [6, 6.07) is 0. The van der Waals surface area contributed by atoms with E-state index < -0.39 is 8.07 Å². The van der Waals surface area contributed by atoms with E-state index in [9.17, 15) is 0 Å². The van der Waals surface area contributed by atoms with E-state index in [1.54, 1.807) is 11.3 Å². The van der Waals surface area contributed by atoms with Crippen LogP contribution in [-0.2, 0) is 0 Å². The maximum Gasteiger partial charge on any atom is 0.144 e. The molecule has 0 spiro atoms. The average Bonchev–Trinajstić information content (AvgIpc) is 2.97. The van der Waals surface area contributed by atoms with Gasteiger partial charge in [-0.2, -0.15) is 0 Å². The maximum atomic E-state index is 5.04. The Morgan fingerprint density at radius 1 is 0.905 bits per heavy atom. The molecule has 0 aliphatic rings. The average molecular weight is 403 g/mol. The molecule has 21 heavy (non-hydrogen) atoms. The Kier molecular flexibility index (Phi) is 5.44. The highest BCUT2D eigenvalue weighted by molar-refractivity contribution is 9.10. The first kappa shape index (κ1) is 17.3. The lowest BCUT2D eigenvalue weighted by Gasteiger charge is -2.41. The molecule has 6 heteroatoms. The zero-order valence-electron chi connectivity index (χ0n) is 13.5. The lowest BCUT2D eigenvalue weighted by atomic mass is 10.5. The van der Waals surface area contributed by atoms with Crippen LogP contribution in [0, 0.1) is 0 Å². The monoisotopic (exact) mass is 402 g/mol. The van der Waals surface area contributed by atoms with Crippen LogP contribution in [-0.4, -0.2) is 18.0 Å². The number of hydrogen-bond donors (Lipinski definition) is 0. The summed E-state index contributed by atoms with van der Waals surface area (Å²) in [4.78, 5) is 9.54. The van der Waals surface area contributed by atoms with Gasteiger partial charge in [0, 0.05) is 10.8 Å². The molecule has 0 bridgehead atoms. The van der Waals surface area contributed by atoms with Crippen LogP contribution in [0.4, 0.5) is 0 Å². The molecule has 2 heterocycles. The highest BCUT2D eigenvalue weighted by atomic mass is 79.9. The van der Waals surface area contributed by atoms with Crippen LogP contribution >= 0.6 is 38.6 Å². The minimum Gasteiger partial charge on any atom is -0.244 e. The van der Waals surface area contributed by atoms with Gasteiger partial charge < -0.3 is 0 Å². The zero-order valence-corrected chi connectivity index (χ0v) is 17.7. The summed E-state index contributed by atoms with van der Waals surface area (Å²) in [5.74, 6) is 0. The van der Waals surface area contributed by atoms with Crippen molar-refractivity contribution in [2.75, 3.05) is 0 Å². The van der Waals surface area contributed by atoms with Crippen LogP contribution in [0.3, 0.4) is 0 Å². The van der Waals surface area contributed by atoms with E-state index in [4.69, 9.17) is 4.98 Å². The molecule has 0 amide bonds. The molecular weight excluding hydrogens is 380 g/mol. The molecule has 2 aromatic heterocycles. The maximum absolute atomic E-state index is 5.04. The van der Waals surface area contributed by atoms with E-state index in [1.165, 1.54) is 4.63 Å². The molecule has 116 valence electrons. The number of halogens is 1. The number of thiazole rings is 2. The number of rotatable bonds is 5. The van der Waals surface area contributed by atoms with Crippen LogP contribution in [0.15, 0.2) is 15.4 Å². The summed E-state index contributed by atoms with van der Waals surface area (Å²) in [5, 5.41) is 5.23. The summed E-state index contributed by atoms with van der Waals surface area (Å²) < 4.78 is 2.29. The smallest absolute Gasteiger partial charge is 0.144 e. The van der Waals surface area contributed by atoms with Gasteiger partial charge in [-0.3, -0.25) is 0 Å². The molecule has 0 unspecified atom stereocenters. The molecule has 0 N–H and O–H groups in total. The summed E-state index contributed by atoms with van der Waals surface area (Å²) in [7, 11) is -1.64. The van der Waals surface area contributed by atoms with Crippen molar-refractivity contribution in [2.24, 2.45) is 0 Å². The third-order valence-corrected chi connectivity index (χ3v) is 14.7. The minimum absolute atomic E-state index is 0.694. The van der Waals surface area contributed by atoms with Crippen molar-refractivity contribution in [1.82, 2.24) is 9.97 Å². The van der Waals surface area contributed by atoms with E-state index in [2.05, 4.69) is 67.8 Å². The number of hydrogen-bond acceptors (Lipinski definition) is 4. The molecule has 2 aromatic rings. The summed E-state index contributed by atoms with van der Waals surface area (Å²) in [6.07, 6.45) is 0. The van der Waals surface area contributed by atoms with Crippen molar-refractivity contribution in [3.63, 3.8) is 0 Å². The van der Waals surface area contributed by atoms with Crippen molar-refractivity contribution in [3.05, 3.63) is 15.4 Å². The van der Waals surface area contributed by atoms with E-state index in [1.807, 2.05) is 16.7 Å². The fourth-order valence-electron chi connectivity index (χ4n) is 3.68. The Hall–Kier alpha value is -0.0431. The van der Waals surface area contributed by atoms with Gasteiger partial charge in [-0.15, -0.1) is 22.7 Å². The molecule has 0 aliphatic carbocycles. The van der Waals surface area contributed by atoms with Crippen molar-refractivity contribution in [2.45, 2.75) is 58.2 Å². The van der Waals surface area contributed by atoms with E-state index in [0.717, 1.165) is 15.3 Å². The van der Waals surface area contributed by atoms with E-state index in [0.29, 0.717) is 16.6 Å². The topological polar surface area (TPSA) is 25.8 Å². The SMILES string of the molecule is CC(C)[Si](c1nc(-c2nc(Br)cs2)cs1)(C(C)C)C(C)C. The van der Waals surface area contributed by atoms with Gasteiger partial charge in [-0.1, -0.05) is 41.5 Å². The Balaban J connectivity index is 2.50. The van der Waals surface area contributed by atoms with Gasteiger partial charge in [0.15, 0.2) is 0 Å². The Morgan fingerprint density at radius 2 is 1.48 bits per heavy atom. The first-order valence-electron chi connectivity index (χ1n) is 7.37. The normalized spacial score (nSPS) is 12.9. The van der Waals surface area contributed by atoms with Crippen LogP contribution in [0.5, 0.6) is 0 Å². The lowest BCUT2D eigenvalue weighted by Crippen LogP contribution is -2.55. The molecule has 0 aliphatic heterocycles. The standard InChI is InChI=1S/C15H23BrN2S2Si/c1-9(2)21(10(3)4,11(5)6)15-17-12(7-20-15)14-18-13(16)8-19-14/h7-11H,1-6H3. The van der Waals surface area contributed by atoms with Crippen molar-refractivity contribution in [1.29, 1.82) is 0 Å². The molecule has 0 aromatic carbocycles. The second-order valence-electron chi connectivity index (χ2n) is 6.41. The Bertz CT molecular complexity index is 583. The van der Waals surface area contributed by atoms with Crippen LogP contribution in [0.25, 0.3) is 10.7 Å². The molecule has 0 atom stereocenters. The van der Waals surface area contributed by atoms with Crippen molar-refractivity contribution in [3.8, 4) is 10.7 Å². The van der Waals surface area contributed by atoms with Crippen molar-refractivity contribution < 1.29 is 0 Å². The second-order valence-corrected chi connectivity index (χ2v) is 15.1. The highest BCUT2D eigenvalue weighted by Crippen LogP contribution is 2.42. The number of nitrogens with zero attached hydrogens (tertiary/aromatic N) is 2. The highest BCUT2D eigenvalue weighted by Gasteiger charge is 2.47. The molecule has 0 saturated carbocycles. The van der Waals surface area contributed by atoms with Gasteiger partial charge in [-0.05, 0) is 32.6 Å². The molecule has 0 saturated heterocycles. The second kappa shape index (κ2) is 6.60. The Labute approximate surface area is 145 Å². The van der Waals surface area contributed by atoms with Gasteiger partial charge in [0.2, 0.25) is 0 Å². The molecule has 2 rings (SSSR count).